The molecule has 2 rings (SSSR count). The number of ether oxygens (including phenoxy) is 2. The normalized spacial score (nSPS) is 21.0. The maximum absolute atomic E-state index is 12.0. The quantitative estimate of drug-likeness (QED) is 0.708. The van der Waals surface area contributed by atoms with Crippen molar-refractivity contribution in [2.75, 3.05) is 78.7 Å². The van der Waals surface area contributed by atoms with Gasteiger partial charge in [0.05, 0.1) is 13.2 Å². The number of carbonyl (C=O) groups is 1. The highest BCUT2D eigenvalue weighted by molar-refractivity contribution is 5.68. The average Bonchev–Trinajstić information content (AvgIpc) is 2.54. The van der Waals surface area contributed by atoms with Crippen LogP contribution < -0.4 is 5.32 Å². The summed E-state index contributed by atoms with van der Waals surface area (Å²) in [5, 5.41) is 3.36. The third-order valence-corrected chi connectivity index (χ3v) is 4.34. The van der Waals surface area contributed by atoms with E-state index in [0.717, 1.165) is 78.7 Å². The average molecular weight is 342 g/mol. The summed E-state index contributed by atoms with van der Waals surface area (Å²) >= 11 is 0. The molecule has 0 bridgehead atoms. The SMILES string of the molecule is CC(C)(C)OC(=O)N1CCN(CCOCCN2CCNCC2)CC1. The van der Waals surface area contributed by atoms with Gasteiger partial charge in [0.25, 0.3) is 0 Å². The van der Waals surface area contributed by atoms with E-state index in [1.165, 1.54) is 0 Å². The minimum absolute atomic E-state index is 0.200. The van der Waals surface area contributed by atoms with Crippen molar-refractivity contribution >= 4 is 6.09 Å². The van der Waals surface area contributed by atoms with Crippen LogP contribution in [-0.2, 0) is 9.47 Å². The molecule has 2 aliphatic rings. The van der Waals surface area contributed by atoms with E-state index in [-0.39, 0.29) is 6.09 Å². The molecule has 0 spiro atoms. The highest BCUT2D eigenvalue weighted by atomic mass is 16.6. The lowest BCUT2D eigenvalue weighted by molar-refractivity contribution is 0.0110. The molecule has 7 nitrogen and oxygen atoms in total. The summed E-state index contributed by atoms with van der Waals surface area (Å²) in [5.74, 6) is 0. The number of carbonyl (C=O) groups excluding carboxylic acids is 1. The molecule has 0 saturated carbocycles. The summed E-state index contributed by atoms with van der Waals surface area (Å²) in [7, 11) is 0. The van der Waals surface area contributed by atoms with Gasteiger partial charge in [0, 0.05) is 65.4 Å². The van der Waals surface area contributed by atoms with Gasteiger partial charge in [0.2, 0.25) is 0 Å². The fraction of sp³-hybridized carbons (Fsp3) is 0.941. The molecule has 0 aromatic heterocycles. The van der Waals surface area contributed by atoms with Crippen molar-refractivity contribution in [3.05, 3.63) is 0 Å². The predicted octanol–water partition coefficient (Wildman–Crippen LogP) is 0.461. The first-order valence-corrected chi connectivity index (χ1v) is 9.15. The summed E-state index contributed by atoms with van der Waals surface area (Å²) in [6.45, 7) is 16.9. The second kappa shape index (κ2) is 9.56. The fourth-order valence-electron chi connectivity index (χ4n) is 2.90. The molecule has 2 aliphatic heterocycles. The Kier molecular flexibility index (Phi) is 7.74. The van der Waals surface area contributed by atoms with Crippen molar-refractivity contribution in [3.63, 3.8) is 0 Å². The van der Waals surface area contributed by atoms with Crippen molar-refractivity contribution in [1.29, 1.82) is 0 Å². The lowest BCUT2D eigenvalue weighted by atomic mass is 10.2. The van der Waals surface area contributed by atoms with E-state index >= 15 is 0 Å². The maximum atomic E-state index is 12.0. The Morgan fingerprint density at radius 2 is 1.46 bits per heavy atom. The van der Waals surface area contributed by atoms with Crippen molar-refractivity contribution in [1.82, 2.24) is 20.0 Å². The highest BCUT2D eigenvalue weighted by Gasteiger charge is 2.25. The molecule has 140 valence electrons. The van der Waals surface area contributed by atoms with Crippen LogP contribution in [0, 0.1) is 0 Å². The first-order valence-electron chi connectivity index (χ1n) is 9.15. The zero-order chi connectivity index (χ0) is 17.4. The highest BCUT2D eigenvalue weighted by Crippen LogP contribution is 2.11. The molecular formula is C17H34N4O3. The first-order chi connectivity index (χ1) is 11.4. The van der Waals surface area contributed by atoms with E-state index in [9.17, 15) is 4.79 Å². The van der Waals surface area contributed by atoms with Crippen molar-refractivity contribution < 1.29 is 14.3 Å². The summed E-state index contributed by atoms with van der Waals surface area (Å²) in [6.07, 6.45) is -0.200. The van der Waals surface area contributed by atoms with Crippen LogP contribution in [0.1, 0.15) is 20.8 Å². The Morgan fingerprint density at radius 3 is 2.00 bits per heavy atom. The predicted molar refractivity (Wildman–Crippen MR) is 94.4 cm³/mol. The van der Waals surface area contributed by atoms with E-state index in [2.05, 4.69) is 15.1 Å². The van der Waals surface area contributed by atoms with Gasteiger partial charge in [-0.1, -0.05) is 0 Å². The third kappa shape index (κ3) is 7.34. The van der Waals surface area contributed by atoms with Crippen LogP contribution in [0.15, 0.2) is 0 Å². The lowest BCUT2D eigenvalue weighted by Crippen LogP contribution is -2.50. The largest absolute Gasteiger partial charge is 0.444 e. The van der Waals surface area contributed by atoms with Crippen molar-refractivity contribution in [2.24, 2.45) is 0 Å². The molecule has 0 aromatic carbocycles. The lowest BCUT2D eigenvalue weighted by Gasteiger charge is -2.35. The second-order valence-corrected chi connectivity index (χ2v) is 7.51. The molecule has 2 heterocycles. The molecule has 1 amide bonds. The standard InChI is InChI=1S/C17H34N4O3/c1-17(2,3)24-16(22)21-10-8-20(9-11-21)13-15-23-14-12-19-6-4-18-5-7-19/h18H,4-15H2,1-3H3. The maximum Gasteiger partial charge on any atom is 0.410 e. The first kappa shape index (κ1) is 19.4. The number of piperazine rings is 2. The van der Waals surface area contributed by atoms with E-state index in [4.69, 9.17) is 9.47 Å². The van der Waals surface area contributed by atoms with Crippen LogP contribution >= 0.6 is 0 Å². The number of hydrogen-bond donors (Lipinski definition) is 1. The molecule has 7 heteroatoms. The van der Waals surface area contributed by atoms with E-state index in [1.807, 2.05) is 20.8 Å². The van der Waals surface area contributed by atoms with Gasteiger partial charge >= 0.3 is 6.09 Å². The van der Waals surface area contributed by atoms with Crippen LogP contribution in [0.5, 0.6) is 0 Å². The monoisotopic (exact) mass is 342 g/mol. The number of nitrogens with zero attached hydrogens (tertiary/aromatic N) is 3. The smallest absolute Gasteiger partial charge is 0.410 e. The van der Waals surface area contributed by atoms with Crippen LogP contribution in [0.2, 0.25) is 0 Å². The molecule has 2 saturated heterocycles. The van der Waals surface area contributed by atoms with Gasteiger partial charge in [0.1, 0.15) is 5.60 Å². The van der Waals surface area contributed by atoms with Crippen molar-refractivity contribution in [3.8, 4) is 0 Å². The molecule has 0 aromatic rings. The van der Waals surface area contributed by atoms with E-state index in [0.29, 0.717) is 0 Å². The van der Waals surface area contributed by atoms with Gasteiger partial charge in [0.15, 0.2) is 0 Å². The second-order valence-electron chi connectivity index (χ2n) is 7.51. The van der Waals surface area contributed by atoms with Crippen LogP contribution in [0.3, 0.4) is 0 Å². The zero-order valence-corrected chi connectivity index (χ0v) is 15.6. The minimum Gasteiger partial charge on any atom is -0.444 e. The van der Waals surface area contributed by atoms with Gasteiger partial charge in [-0.05, 0) is 20.8 Å². The number of amides is 1. The molecule has 0 radical (unpaired) electrons. The Bertz CT molecular complexity index is 373. The summed E-state index contributed by atoms with van der Waals surface area (Å²) < 4.78 is 11.2. The molecule has 24 heavy (non-hydrogen) atoms. The Morgan fingerprint density at radius 1 is 0.917 bits per heavy atom. The van der Waals surface area contributed by atoms with E-state index in [1.54, 1.807) is 4.90 Å². The Labute approximate surface area is 146 Å². The molecule has 1 N–H and O–H groups in total. The minimum atomic E-state index is -0.424. The third-order valence-electron chi connectivity index (χ3n) is 4.34. The van der Waals surface area contributed by atoms with Gasteiger partial charge in [-0.25, -0.2) is 4.79 Å². The van der Waals surface area contributed by atoms with Crippen LogP contribution in [0.25, 0.3) is 0 Å². The summed E-state index contributed by atoms with van der Waals surface area (Å²) in [6, 6.07) is 0. The van der Waals surface area contributed by atoms with Gasteiger partial charge in [-0.15, -0.1) is 0 Å². The van der Waals surface area contributed by atoms with Gasteiger partial charge in [-0.2, -0.15) is 0 Å². The number of rotatable bonds is 6. The van der Waals surface area contributed by atoms with Crippen LogP contribution in [0.4, 0.5) is 4.79 Å². The molecular weight excluding hydrogens is 308 g/mol. The van der Waals surface area contributed by atoms with Gasteiger partial charge in [-0.3, -0.25) is 9.80 Å². The van der Waals surface area contributed by atoms with Crippen LogP contribution in [-0.4, -0.2) is 105 Å². The fourth-order valence-corrected chi connectivity index (χ4v) is 2.90. The number of hydrogen-bond acceptors (Lipinski definition) is 6. The number of nitrogens with one attached hydrogen (secondary N) is 1. The molecule has 2 fully saturated rings. The molecule has 0 atom stereocenters. The van der Waals surface area contributed by atoms with Crippen molar-refractivity contribution in [2.45, 2.75) is 26.4 Å². The molecule has 0 unspecified atom stereocenters. The van der Waals surface area contributed by atoms with Gasteiger partial charge < -0.3 is 19.7 Å². The zero-order valence-electron chi connectivity index (χ0n) is 15.6. The topological polar surface area (TPSA) is 57.3 Å². The summed E-state index contributed by atoms with van der Waals surface area (Å²) in [4.78, 5) is 18.6. The summed E-state index contributed by atoms with van der Waals surface area (Å²) in [5.41, 5.74) is -0.424. The molecule has 0 aliphatic carbocycles. The Hall–Kier alpha value is -0.890. The van der Waals surface area contributed by atoms with E-state index < -0.39 is 5.60 Å². The Balaban J connectivity index is 1.51.